The number of carbonyl (C=O) groups excluding carboxylic acids is 2. The summed E-state index contributed by atoms with van der Waals surface area (Å²) in [5.74, 6) is 0.330. The largest absolute Gasteiger partial charge is 0.457 e. The molecule has 1 atom stereocenters. The van der Waals surface area contributed by atoms with Gasteiger partial charge in [-0.25, -0.2) is 8.42 Å². The molecule has 0 aliphatic carbocycles. The Bertz CT molecular complexity index is 1230. The summed E-state index contributed by atoms with van der Waals surface area (Å²) in [4.78, 5) is 27.1. The van der Waals surface area contributed by atoms with E-state index < -0.39 is 28.5 Å². The average molecular weight is 496 g/mol. The third-order valence-corrected chi connectivity index (χ3v) is 6.53. The van der Waals surface area contributed by atoms with Crippen LogP contribution in [0.15, 0.2) is 84.9 Å². The van der Waals surface area contributed by atoms with Crippen molar-refractivity contribution >= 4 is 27.5 Å². The van der Waals surface area contributed by atoms with Crippen molar-refractivity contribution in [2.45, 2.75) is 19.5 Å². The van der Waals surface area contributed by atoms with E-state index >= 15 is 0 Å². The summed E-state index contributed by atoms with van der Waals surface area (Å²) in [5.41, 5.74) is 1.14. The SMILES string of the molecule is CNC(=O)[C@@H](C)N(Cc1ccccc1)C(=O)CN(c1ccc(Oc2ccccc2)cc1)S(C)(=O)=O. The van der Waals surface area contributed by atoms with Crippen molar-refractivity contribution < 1.29 is 22.7 Å². The maximum absolute atomic E-state index is 13.4. The van der Waals surface area contributed by atoms with Crippen LogP contribution in [-0.2, 0) is 26.2 Å². The Morgan fingerprint density at radius 2 is 1.43 bits per heavy atom. The lowest BCUT2D eigenvalue weighted by Gasteiger charge is -2.31. The summed E-state index contributed by atoms with van der Waals surface area (Å²) in [6.07, 6.45) is 1.04. The van der Waals surface area contributed by atoms with Crippen LogP contribution in [0.3, 0.4) is 0 Å². The second-order valence-corrected chi connectivity index (χ2v) is 9.88. The fourth-order valence-electron chi connectivity index (χ4n) is 3.49. The molecule has 0 aromatic heterocycles. The molecule has 0 heterocycles. The molecule has 3 aromatic carbocycles. The lowest BCUT2D eigenvalue weighted by atomic mass is 10.1. The molecule has 3 rings (SSSR count). The summed E-state index contributed by atoms with van der Waals surface area (Å²) >= 11 is 0. The molecule has 0 saturated heterocycles. The highest BCUT2D eigenvalue weighted by atomic mass is 32.2. The molecule has 0 saturated carbocycles. The third kappa shape index (κ3) is 7.07. The monoisotopic (exact) mass is 495 g/mol. The van der Waals surface area contributed by atoms with Crippen molar-refractivity contribution in [3.63, 3.8) is 0 Å². The first-order chi connectivity index (χ1) is 16.7. The molecule has 0 bridgehead atoms. The summed E-state index contributed by atoms with van der Waals surface area (Å²) in [6.45, 7) is 1.32. The van der Waals surface area contributed by atoms with Crippen LogP contribution < -0.4 is 14.4 Å². The Morgan fingerprint density at radius 3 is 1.97 bits per heavy atom. The van der Waals surface area contributed by atoms with Gasteiger partial charge in [0.2, 0.25) is 21.8 Å². The zero-order valence-electron chi connectivity index (χ0n) is 19.9. The maximum atomic E-state index is 13.4. The van der Waals surface area contributed by atoms with Gasteiger partial charge >= 0.3 is 0 Å². The van der Waals surface area contributed by atoms with E-state index in [2.05, 4.69) is 5.32 Å². The zero-order chi connectivity index (χ0) is 25.4. The number of carbonyl (C=O) groups is 2. The normalized spacial score (nSPS) is 11.9. The van der Waals surface area contributed by atoms with Crippen molar-refractivity contribution in [3.8, 4) is 11.5 Å². The molecule has 0 radical (unpaired) electrons. The van der Waals surface area contributed by atoms with Crippen LogP contribution in [-0.4, -0.2) is 51.0 Å². The Hall–Kier alpha value is -3.85. The predicted octanol–water partition coefficient (Wildman–Crippen LogP) is 3.41. The summed E-state index contributed by atoms with van der Waals surface area (Å²) in [5, 5.41) is 2.55. The van der Waals surface area contributed by atoms with Crippen molar-refractivity contribution in [3.05, 3.63) is 90.5 Å². The van der Waals surface area contributed by atoms with Crippen LogP contribution in [0, 0.1) is 0 Å². The van der Waals surface area contributed by atoms with E-state index in [0.717, 1.165) is 16.1 Å². The number of nitrogens with one attached hydrogen (secondary N) is 1. The van der Waals surface area contributed by atoms with Crippen LogP contribution in [0.4, 0.5) is 5.69 Å². The van der Waals surface area contributed by atoms with Gasteiger partial charge in [0.25, 0.3) is 0 Å². The Morgan fingerprint density at radius 1 is 0.886 bits per heavy atom. The minimum absolute atomic E-state index is 0.162. The molecule has 0 fully saturated rings. The standard InChI is InChI=1S/C26H29N3O5S/c1-20(26(31)27-2)28(18-21-10-6-4-7-11-21)25(30)19-29(35(3,32)33)22-14-16-24(17-15-22)34-23-12-8-5-9-13-23/h4-17,20H,18-19H2,1-3H3,(H,27,31)/t20-/m1/s1. The zero-order valence-corrected chi connectivity index (χ0v) is 20.7. The van der Waals surface area contributed by atoms with E-state index in [-0.39, 0.29) is 12.5 Å². The number of amides is 2. The first-order valence-electron chi connectivity index (χ1n) is 11.0. The number of anilines is 1. The van der Waals surface area contributed by atoms with Gasteiger partial charge in [-0.15, -0.1) is 0 Å². The van der Waals surface area contributed by atoms with E-state index in [1.807, 2.05) is 60.7 Å². The molecule has 35 heavy (non-hydrogen) atoms. The highest BCUT2D eigenvalue weighted by molar-refractivity contribution is 7.92. The molecule has 0 aliphatic rings. The molecule has 9 heteroatoms. The third-order valence-electron chi connectivity index (χ3n) is 5.39. The van der Waals surface area contributed by atoms with E-state index in [0.29, 0.717) is 17.2 Å². The van der Waals surface area contributed by atoms with Crippen molar-refractivity contribution in [1.29, 1.82) is 0 Å². The van der Waals surface area contributed by atoms with Crippen LogP contribution >= 0.6 is 0 Å². The predicted molar refractivity (Wildman–Crippen MR) is 136 cm³/mol. The number of para-hydroxylation sites is 1. The van der Waals surface area contributed by atoms with Crippen LogP contribution in [0.2, 0.25) is 0 Å². The van der Waals surface area contributed by atoms with Gasteiger partial charge < -0.3 is 15.0 Å². The lowest BCUT2D eigenvalue weighted by Crippen LogP contribution is -2.50. The molecule has 0 unspecified atom stereocenters. The van der Waals surface area contributed by atoms with E-state index in [4.69, 9.17) is 4.74 Å². The summed E-state index contributed by atoms with van der Waals surface area (Å²) < 4.78 is 32.0. The average Bonchev–Trinajstić information content (AvgIpc) is 2.86. The fraction of sp³-hybridized carbons (Fsp3) is 0.231. The Balaban J connectivity index is 1.84. The van der Waals surface area contributed by atoms with Crippen molar-refractivity contribution in [1.82, 2.24) is 10.2 Å². The number of benzene rings is 3. The van der Waals surface area contributed by atoms with Gasteiger partial charge in [0.1, 0.15) is 24.1 Å². The number of rotatable bonds is 10. The topological polar surface area (TPSA) is 96.0 Å². The van der Waals surface area contributed by atoms with Gasteiger partial charge in [-0.1, -0.05) is 48.5 Å². The first-order valence-corrected chi connectivity index (χ1v) is 12.9. The second kappa shape index (κ2) is 11.5. The molecule has 3 aromatic rings. The van der Waals surface area contributed by atoms with Crippen LogP contribution in [0.1, 0.15) is 12.5 Å². The number of sulfonamides is 1. The van der Waals surface area contributed by atoms with Gasteiger partial charge in [0.05, 0.1) is 11.9 Å². The number of hydrogen-bond acceptors (Lipinski definition) is 5. The molecular formula is C26H29N3O5S. The molecular weight excluding hydrogens is 466 g/mol. The minimum atomic E-state index is -3.80. The second-order valence-electron chi connectivity index (χ2n) is 7.98. The van der Waals surface area contributed by atoms with Gasteiger partial charge in [-0.3, -0.25) is 13.9 Å². The molecule has 1 N–H and O–H groups in total. The van der Waals surface area contributed by atoms with E-state index in [1.54, 1.807) is 31.2 Å². The fourth-order valence-corrected chi connectivity index (χ4v) is 4.34. The molecule has 0 aliphatic heterocycles. The highest BCUT2D eigenvalue weighted by Crippen LogP contribution is 2.26. The van der Waals surface area contributed by atoms with E-state index in [9.17, 15) is 18.0 Å². The molecule has 8 nitrogen and oxygen atoms in total. The van der Waals surface area contributed by atoms with E-state index in [1.165, 1.54) is 11.9 Å². The molecule has 0 spiro atoms. The highest BCUT2D eigenvalue weighted by Gasteiger charge is 2.29. The first kappa shape index (κ1) is 25.8. The Kier molecular flexibility index (Phi) is 8.48. The minimum Gasteiger partial charge on any atom is -0.457 e. The summed E-state index contributed by atoms with van der Waals surface area (Å²) in [6, 6.07) is 24.1. The van der Waals surface area contributed by atoms with Crippen LogP contribution in [0.5, 0.6) is 11.5 Å². The smallest absolute Gasteiger partial charge is 0.244 e. The quantitative estimate of drug-likeness (QED) is 0.465. The number of nitrogens with zero attached hydrogens (tertiary/aromatic N) is 2. The van der Waals surface area contributed by atoms with Crippen LogP contribution in [0.25, 0.3) is 0 Å². The van der Waals surface area contributed by atoms with Gasteiger partial charge in [-0.2, -0.15) is 0 Å². The molecule has 184 valence electrons. The Labute approximate surface area is 206 Å². The maximum Gasteiger partial charge on any atom is 0.244 e. The van der Waals surface area contributed by atoms with Gasteiger partial charge in [-0.05, 0) is 48.9 Å². The van der Waals surface area contributed by atoms with Gasteiger partial charge in [0.15, 0.2) is 0 Å². The molecule has 2 amide bonds. The number of hydrogen-bond donors (Lipinski definition) is 1. The summed E-state index contributed by atoms with van der Waals surface area (Å²) in [7, 11) is -2.31. The number of likely N-dealkylation sites (N-methyl/N-ethyl adjacent to an activating group) is 1. The number of ether oxygens (including phenoxy) is 1. The lowest BCUT2D eigenvalue weighted by molar-refractivity contribution is -0.139. The van der Waals surface area contributed by atoms with Crippen molar-refractivity contribution in [2.75, 3.05) is 24.2 Å². The van der Waals surface area contributed by atoms with Crippen molar-refractivity contribution in [2.24, 2.45) is 0 Å². The van der Waals surface area contributed by atoms with Gasteiger partial charge in [0, 0.05) is 13.6 Å².